The molecule has 1 heteroatoms. The summed E-state index contributed by atoms with van der Waals surface area (Å²) in [7, 11) is 0. The number of Topliss-reactive ketones (excluding diaryl/α,β-unsaturated/α-hetero) is 1. The Kier molecular flexibility index (Phi) is 5.55. The summed E-state index contributed by atoms with van der Waals surface area (Å²) in [6.45, 7) is 3.81. The summed E-state index contributed by atoms with van der Waals surface area (Å²) >= 11 is 0. The first-order valence-electron chi connectivity index (χ1n) is 6.01. The molecular formula is C15H20O. The summed E-state index contributed by atoms with van der Waals surface area (Å²) in [6.07, 6.45) is 9.30. The molecule has 1 rings (SSSR count). The van der Waals surface area contributed by atoms with Crippen LogP contribution in [0.2, 0.25) is 0 Å². The molecule has 0 heterocycles. The second-order valence-corrected chi connectivity index (χ2v) is 4.08. The first kappa shape index (κ1) is 12.7. The van der Waals surface area contributed by atoms with Crippen LogP contribution in [0.1, 0.15) is 55.5 Å². The number of rotatable bonds is 6. The average Bonchev–Trinajstić information content (AvgIpc) is 2.29. The molecule has 0 N–H and O–H groups in total. The van der Waals surface area contributed by atoms with Crippen LogP contribution < -0.4 is 0 Å². The lowest BCUT2D eigenvalue weighted by atomic mass is 10.1. The number of carbonyl (C=O) groups excluding carboxylic acids is 1. The zero-order valence-corrected chi connectivity index (χ0v) is 10.2. The van der Waals surface area contributed by atoms with E-state index in [-0.39, 0.29) is 5.78 Å². The van der Waals surface area contributed by atoms with E-state index < -0.39 is 0 Å². The number of unbranched alkanes of at least 4 members (excludes halogenated alkanes) is 3. The Hall–Kier alpha value is -1.37. The summed E-state index contributed by atoms with van der Waals surface area (Å²) in [4.78, 5) is 11.1. The fourth-order valence-corrected chi connectivity index (χ4v) is 1.56. The van der Waals surface area contributed by atoms with E-state index in [4.69, 9.17) is 0 Å². The van der Waals surface area contributed by atoms with E-state index in [0.29, 0.717) is 0 Å². The molecule has 1 nitrogen and oxygen atoms in total. The minimum atomic E-state index is 0.124. The monoisotopic (exact) mass is 216 g/mol. The van der Waals surface area contributed by atoms with Gasteiger partial charge in [-0.25, -0.2) is 0 Å². The molecule has 0 saturated heterocycles. The third-order valence-corrected chi connectivity index (χ3v) is 2.60. The van der Waals surface area contributed by atoms with Crippen molar-refractivity contribution in [1.29, 1.82) is 0 Å². The molecule has 1 aromatic rings. The number of hydrogen-bond acceptors (Lipinski definition) is 1. The van der Waals surface area contributed by atoms with Gasteiger partial charge in [-0.1, -0.05) is 56.2 Å². The normalized spacial score (nSPS) is 10.9. The highest BCUT2D eigenvalue weighted by molar-refractivity contribution is 5.94. The Labute approximate surface area is 98.2 Å². The summed E-state index contributed by atoms with van der Waals surface area (Å²) in [6, 6.07) is 7.75. The molecule has 1 aromatic carbocycles. The molecule has 0 fully saturated rings. The van der Waals surface area contributed by atoms with Crippen molar-refractivity contribution in [3.05, 3.63) is 41.5 Å². The van der Waals surface area contributed by atoms with Gasteiger partial charge in [0.05, 0.1) is 0 Å². The van der Waals surface area contributed by atoms with Crippen molar-refractivity contribution in [3.8, 4) is 0 Å². The van der Waals surface area contributed by atoms with Crippen molar-refractivity contribution in [2.45, 2.75) is 39.5 Å². The van der Waals surface area contributed by atoms with Crippen molar-refractivity contribution in [1.82, 2.24) is 0 Å². The summed E-state index contributed by atoms with van der Waals surface area (Å²) < 4.78 is 0. The lowest BCUT2D eigenvalue weighted by molar-refractivity contribution is 0.101. The molecule has 0 bridgehead atoms. The van der Waals surface area contributed by atoms with Crippen LogP contribution in [0.3, 0.4) is 0 Å². The molecular weight excluding hydrogens is 196 g/mol. The number of ketones is 1. The van der Waals surface area contributed by atoms with E-state index in [2.05, 4.69) is 19.1 Å². The van der Waals surface area contributed by atoms with Gasteiger partial charge >= 0.3 is 0 Å². The standard InChI is InChI=1S/C15H20O/c1-3-4-5-6-7-8-14-9-11-15(12-10-14)13(2)16/h7-12H,3-6H2,1-2H3/b8-7+. The van der Waals surface area contributed by atoms with Crippen LogP contribution in [0.5, 0.6) is 0 Å². The van der Waals surface area contributed by atoms with Crippen molar-refractivity contribution in [3.63, 3.8) is 0 Å². The fraction of sp³-hybridized carbons (Fsp3) is 0.400. The Bertz CT molecular complexity index is 346. The molecule has 0 unspecified atom stereocenters. The Balaban J connectivity index is 2.45. The molecule has 0 amide bonds. The molecule has 16 heavy (non-hydrogen) atoms. The Morgan fingerprint density at radius 3 is 2.44 bits per heavy atom. The van der Waals surface area contributed by atoms with Crippen LogP contribution in [0.25, 0.3) is 6.08 Å². The second kappa shape index (κ2) is 7.00. The summed E-state index contributed by atoms with van der Waals surface area (Å²) in [5.41, 5.74) is 1.95. The maximum absolute atomic E-state index is 11.1. The highest BCUT2D eigenvalue weighted by atomic mass is 16.1. The van der Waals surface area contributed by atoms with Gasteiger partial charge in [0.15, 0.2) is 5.78 Å². The lowest BCUT2D eigenvalue weighted by Crippen LogP contribution is -1.90. The van der Waals surface area contributed by atoms with Gasteiger partial charge in [0, 0.05) is 5.56 Å². The van der Waals surface area contributed by atoms with Crippen LogP contribution >= 0.6 is 0 Å². The Morgan fingerprint density at radius 1 is 1.19 bits per heavy atom. The van der Waals surface area contributed by atoms with Gasteiger partial charge in [0.2, 0.25) is 0 Å². The van der Waals surface area contributed by atoms with Crippen molar-refractivity contribution >= 4 is 11.9 Å². The van der Waals surface area contributed by atoms with Crippen molar-refractivity contribution in [2.75, 3.05) is 0 Å². The predicted octanol–water partition coefficient (Wildman–Crippen LogP) is 4.48. The maximum atomic E-state index is 11.1. The van der Waals surface area contributed by atoms with E-state index in [1.165, 1.54) is 24.8 Å². The van der Waals surface area contributed by atoms with Gasteiger partial charge in [-0.05, 0) is 25.3 Å². The van der Waals surface area contributed by atoms with E-state index in [9.17, 15) is 4.79 Å². The smallest absolute Gasteiger partial charge is 0.159 e. The second-order valence-electron chi connectivity index (χ2n) is 4.08. The third-order valence-electron chi connectivity index (χ3n) is 2.60. The van der Waals surface area contributed by atoms with Crippen LogP contribution in [0.4, 0.5) is 0 Å². The molecule has 0 aliphatic heterocycles. The van der Waals surface area contributed by atoms with Gasteiger partial charge in [-0.15, -0.1) is 0 Å². The zero-order valence-electron chi connectivity index (χ0n) is 10.2. The zero-order chi connectivity index (χ0) is 11.8. The van der Waals surface area contributed by atoms with Gasteiger partial charge in [0.25, 0.3) is 0 Å². The molecule has 86 valence electrons. The highest BCUT2D eigenvalue weighted by Crippen LogP contribution is 2.08. The van der Waals surface area contributed by atoms with Gasteiger partial charge < -0.3 is 0 Å². The van der Waals surface area contributed by atoms with Gasteiger partial charge in [-0.3, -0.25) is 4.79 Å². The average molecular weight is 216 g/mol. The van der Waals surface area contributed by atoms with Crippen LogP contribution in [0, 0.1) is 0 Å². The van der Waals surface area contributed by atoms with Gasteiger partial charge in [-0.2, -0.15) is 0 Å². The summed E-state index contributed by atoms with van der Waals surface area (Å²) in [5, 5.41) is 0. The minimum Gasteiger partial charge on any atom is -0.295 e. The number of hydrogen-bond donors (Lipinski definition) is 0. The number of benzene rings is 1. The van der Waals surface area contributed by atoms with Crippen LogP contribution in [-0.4, -0.2) is 5.78 Å². The van der Waals surface area contributed by atoms with E-state index >= 15 is 0 Å². The van der Waals surface area contributed by atoms with Crippen LogP contribution in [-0.2, 0) is 0 Å². The molecule has 0 atom stereocenters. The molecule has 0 saturated carbocycles. The third kappa shape index (κ3) is 4.43. The fourth-order valence-electron chi connectivity index (χ4n) is 1.56. The lowest BCUT2D eigenvalue weighted by Gasteiger charge is -1.97. The molecule has 0 spiro atoms. The van der Waals surface area contributed by atoms with Crippen LogP contribution in [0.15, 0.2) is 30.3 Å². The van der Waals surface area contributed by atoms with E-state index in [1.807, 2.05) is 24.3 Å². The molecule has 0 aromatic heterocycles. The predicted molar refractivity (Wildman–Crippen MR) is 69.6 cm³/mol. The Morgan fingerprint density at radius 2 is 1.88 bits per heavy atom. The topological polar surface area (TPSA) is 17.1 Å². The first-order chi connectivity index (χ1) is 7.74. The number of carbonyl (C=O) groups is 1. The SMILES string of the molecule is CCCCC/C=C/c1ccc(C(C)=O)cc1. The first-order valence-corrected chi connectivity index (χ1v) is 6.01. The maximum Gasteiger partial charge on any atom is 0.159 e. The summed E-state index contributed by atoms with van der Waals surface area (Å²) in [5.74, 6) is 0.124. The number of allylic oxidation sites excluding steroid dienone is 1. The minimum absolute atomic E-state index is 0.124. The largest absolute Gasteiger partial charge is 0.295 e. The van der Waals surface area contributed by atoms with Crippen molar-refractivity contribution in [2.24, 2.45) is 0 Å². The quantitative estimate of drug-likeness (QED) is 0.506. The highest BCUT2D eigenvalue weighted by Gasteiger charge is 1.96. The van der Waals surface area contributed by atoms with Crippen molar-refractivity contribution < 1.29 is 4.79 Å². The molecule has 0 radical (unpaired) electrons. The van der Waals surface area contributed by atoms with Gasteiger partial charge in [0.1, 0.15) is 0 Å². The van der Waals surface area contributed by atoms with E-state index in [0.717, 1.165) is 12.0 Å². The molecule has 0 aliphatic rings. The molecule has 0 aliphatic carbocycles. The van der Waals surface area contributed by atoms with E-state index in [1.54, 1.807) is 6.92 Å².